The highest BCUT2D eigenvalue weighted by Crippen LogP contribution is 2.30. The molecule has 0 bridgehead atoms. The first-order chi connectivity index (χ1) is 11.7. The van der Waals surface area contributed by atoms with Crippen LogP contribution in [-0.4, -0.2) is 27.4 Å². The van der Waals surface area contributed by atoms with E-state index in [1.165, 1.54) is 23.9 Å². The van der Waals surface area contributed by atoms with Gasteiger partial charge in [-0.25, -0.2) is 4.39 Å². The van der Waals surface area contributed by atoms with Crippen molar-refractivity contribution in [2.24, 2.45) is 10.2 Å². The standard InChI is InChI=1S/C17H16FN3OS2/c1-2-15-16(22)21(11-12-5-7-13(18)8-6-12)17(24-15)20-19-10-14-4-3-9-23-14/h3-10,15H,2,11H2,1H3/b19-10+,20-17-. The minimum absolute atomic E-state index is 0.0249. The number of carbonyl (C=O) groups excluding carboxylic acids is 1. The fourth-order valence-corrected chi connectivity index (χ4v) is 3.87. The van der Waals surface area contributed by atoms with Crippen molar-refractivity contribution in [3.63, 3.8) is 0 Å². The van der Waals surface area contributed by atoms with Crippen LogP contribution >= 0.6 is 23.1 Å². The Balaban J connectivity index is 1.79. The first-order valence-corrected chi connectivity index (χ1v) is 9.30. The molecule has 0 N–H and O–H groups in total. The van der Waals surface area contributed by atoms with Crippen LogP contribution in [0.15, 0.2) is 52.0 Å². The number of hydrogen-bond donors (Lipinski definition) is 0. The maximum atomic E-state index is 13.0. The number of thiophene rings is 1. The van der Waals surface area contributed by atoms with E-state index in [1.807, 2.05) is 24.4 Å². The highest BCUT2D eigenvalue weighted by molar-refractivity contribution is 8.15. The smallest absolute Gasteiger partial charge is 0.242 e. The molecule has 0 radical (unpaired) electrons. The summed E-state index contributed by atoms with van der Waals surface area (Å²) in [7, 11) is 0. The number of amidine groups is 1. The minimum atomic E-state index is -0.290. The zero-order valence-electron chi connectivity index (χ0n) is 13.1. The summed E-state index contributed by atoms with van der Waals surface area (Å²) in [5.74, 6) is -0.265. The molecular weight excluding hydrogens is 345 g/mol. The molecule has 2 heterocycles. The molecule has 1 aliphatic heterocycles. The number of nitrogens with zero attached hydrogens (tertiary/aromatic N) is 3. The Kier molecular flexibility index (Phi) is 5.42. The van der Waals surface area contributed by atoms with Gasteiger partial charge in [-0.15, -0.1) is 16.4 Å². The zero-order chi connectivity index (χ0) is 16.9. The van der Waals surface area contributed by atoms with E-state index in [0.717, 1.165) is 16.9 Å². The van der Waals surface area contributed by atoms with E-state index in [0.29, 0.717) is 11.7 Å². The fraction of sp³-hybridized carbons (Fsp3) is 0.235. The Labute approximate surface area is 148 Å². The van der Waals surface area contributed by atoms with E-state index in [9.17, 15) is 9.18 Å². The molecular formula is C17H16FN3OS2. The summed E-state index contributed by atoms with van der Waals surface area (Å²) >= 11 is 3.00. The lowest BCUT2D eigenvalue weighted by Crippen LogP contribution is -2.31. The van der Waals surface area contributed by atoms with E-state index >= 15 is 0 Å². The second kappa shape index (κ2) is 7.72. The van der Waals surface area contributed by atoms with Gasteiger partial charge in [0.15, 0.2) is 5.17 Å². The number of benzene rings is 1. The van der Waals surface area contributed by atoms with Crippen molar-refractivity contribution >= 4 is 40.4 Å². The van der Waals surface area contributed by atoms with Gasteiger partial charge in [0.25, 0.3) is 0 Å². The van der Waals surface area contributed by atoms with E-state index in [4.69, 9.17) is 0 Å². The Morgan fingerprint density at radius 1 is 1.29 bits per heavy atom. The second-order valence-corrected chi connectivity index (χ2v) is 7.36. The largest absolute Gasteiger partial charge is 0.284 e. The number of thioether (sulfide) groups is 1. The second-order valence-electron chi connectivity index (χ2n) is 5.21. The minimum Gasteiger partial charge on any atom is -0.284 e. The maximum Gasteiger partial charge on any atom is 0.242 e. The monoisotopic (exact) mass is 361 g/mol. The molecule has 0 spiro atoms. The van der Waals surface area contributed by atoms with Crippen molar-refractivity contribution in [2.45, 2.75) is 25.1 Å². The lowest BCUT2D eigenvalue weighted by atomic mass is 10.2. The third kappa shape index (κ3) is 3.91. The molecule has 4 nitrogen and oxygen atoms in total. The molecule has 1 fully saturated rings. The third-order valence-electron chi connectivity index (χ3n) is 3.52. The van der Waals surface area contributed by atoms with Crippen LogP contribution in [0.1, 0.15) is 23.8 Å². The lowest BCUT2D eigenvalue weighted by Gasteiger charge is -2.15. The van der Waals surface area contributed by atoms with Gasteiger partial charge in [0.05, 0.1) is 18.0 Å². The highest BCUT2D eigenvalue weighted by atomic mass is 32.2. The molecule has 124 valence electrons. The van der Waals surface area contributed by atoms with Gasteiger partial charge in [-0.1, -0.05) is 36.9 Å². The molecule has 1 aromatic carbocycles. The normalized spacial score (nSPS) is 19.8. The van der Waals surface area contributed by atoms with E-state index in [2.05, 4.69) is 10.2 Å². The number of hydrogen-bond acceptors (Lipinski definition) is 5. The van der Waals surface area contributed by atoms with Crippen molar-refractivity contribution < 1.29 is 9.18 Å². The molecule has 24 heavy (non-hydrogen) atoms. The van der Waals surface area contributed by atoms with Gasteiger partial charge in [-0.05, 0) is 35.6 Å². The summed E-state index contributed by atoms with van der Waals surface area (Å²) in [4.78, 5) is 15.1. The summed E-state index contributed by atoms with van der Waals surface area (Å²) in [5.41, 5.74) is 0.858. The van der Waals surface area contributed by atoms with E-state index < -0.39 is 0 Å². The average Bonchev–Trinajstić information content (AvgIpc) is 3.20. The quantitative estimate of drug-likeness (QED) is 0.594. The molecule has 1 amide bonds. The van der Waals surface area contributed by atoms with Gasteiger partial charge >= 0.3 is 0 Å². The Hall–Kier alpha value is -1.99. The average molecular weight is 361 g/mol. The molecule has 1 aromatic heterocycles. The first-order valence-electron chi connectivity index (χ1n) is 7.54. The van der Waals surface area contributed by atoms with Gasteiger partial charge in [0, 0.05) is 4.88 Å². The van der Waals surface area contributed by atoms with Crippen molar-refractivity contribution in [2.75, 3.05) is 0 Å². The van der Waals surface area contributed by atoms with Crippen LogP contribution in [0.2, 0.25) is 0 Å². The number of rotatable bonds is 5. The van der Waals surface area contributed by atoms with Gasteiger partial charge in [-0.2, -0.15) is 5.10 Å². The van der Waals surface area contributed by atoms with Crippen molar-refractivity contribution in [3.8, 4) is 0 Å². The summed E-state index contributed by atoms with van der Waals surface area (Å²) < 4.78 is 13.0. The third-order valence-corrected chi connectivity index (χ3v) is 5.66. The van der Waals surface area contributed by atoms with Crippen LogP contribution in [0, 0.1) is 5.82 Å². The van der Waals surface area contributed by atoms with Crippen LogP contribution in [0.25, 0.3) is 0 Å². The van der Waals surface area contributed by atoms with Crippen LogP contribution in [0.3, 0.4) is 0 Å². The summed E-state index contributed by atoms with van der Waals surface area (Å²) in [5, 5.41) is 10.7. The van der Waals surface area contributed by atoms with Crippen molar-refractivity contribution in [3.05, 3.63) is 58.0 Å². The molecule has 1 aliphatic rings. The highest BCUT2D eigenvalue weighted by Gasteiger charge is 2.36. The molecule has 1 saturated heterocycles. The summed E-state index contributed by atoms with van der Waals surface area (Å²) in [6, 6.07) is 10.0. The lowest BCUT2D eigenvalue weighted by molar-refractivity contribution is -0.126. The molecule has 1 unspecified atom stereocenters. The Bertz CT molecular complexity index is 757. The zero-order valence-corrected chi connectivity index (χ0v) is 14.7. The van der Waals surface area contributed by atoms with Crippen LogP contribution in [0.4, 0.5) is 4.39 Å². The van der Waals surface area contributed by atoms with Gasteiger partial charge in [0.1, 0.15) is 5.82 Å². The fourth-order valence-electron chi connectivity index (χ4n) is 2.26. The van der Waals surface area contributed by atoms with Crippen molar-refractivity contribution in [1.29, 1.82) is 0 Å². The SMILES string of the molecule is CCC1S/C(=N\N=C\c2cccs2)N(Cc2ccc(F)cc2)C1=O. The number of carbonyl (C=O) groups is 1. The Morgan fingerprint density at radius 2 is 2.08 bits per heavy atom. The molecule has 7 heteroatoms. The molecule has 0 saturated carbocycles. The topological polar surface area (TPSA) is 45.0 Å². The Morgan fingerprint density at radius 3 is 2.75 bits per heavy atom. The molecule has 3 rings (SSSR count). The molecule has 0 aliphatic carbocycles. The maximum absolute atomic E-state index is 13.0. The summed E-state index contributed by atoms with van der Waals surface area (Å²) in [6.45, 7) is 2.35. The molecule has 2 aromatic rings. The van der Waals surface area contributed by atoms with Crippen LogP contribution < -0.4 is 0 Å². The predicted octanol–water partition coefficient (Wildman–Crippen LogP) is 4.13. The van der Waals surface area contributed by atoms with Gasteiger partial charge in [-0.3, -0.25) is 9.69 Å². The molecule has 1 atom stereocenters. The first kappa shape index (κ1) is 16.9. The predicted molar refractivity (Wildman–Crippen MR) is 98.0 cm³/mol. The van der Waals surface area contributed by atoms with Gasteiger partial charge in [0.2, 0.25) is 5.91 Å². The van der Waals surface area contributed by atoms with E-state index in [1.54, 1.807) is 34.6 Å². The van der Waals surface area contributed by atoms with Crippen LogP contribution in [0.5, 0.6) is 0 Å². The van der Waals surface area contributed by atoms with Crippen LogP contribution in [-0.2, 0) is 11.3 Å². The van der Waals surface area contributed by atoms with Gasteiger partial charge < -0.3 is 0 Å². The number of halogens is 1. The number of amides is 1. The van der Waals surface area contributed by atoms with E-state index in [-0.39, 0.29) is 17.0 Å². The summed E-state index contributed by atoms with van der Waals surface area (Å²) in [6.07, 6.45) is 2.41. The van der Waals surface area contributed by atoms with Crippen molar-refractivity contribution in [1.82, 2.24) is 4.90 Å².